The average molecular weight is 287 g/mol. The van der Waals surface area contributed by atoms with Gasteiger partial charge >= 0.3 is 0 Å². The molecule has 3 nitrogen and oxygen atoms in total. The van der Waals surface area contributed by atoms with Gasteiger partial charge in [-0.15, -0.1) is 0 Å². The maximum Gasteiger partial charge on any atom is 0.185 e. The third-order valence-electron chi connectivity index (χ3n) is 2.00. The van der Waals surface area contributed by atoms with Gasteiger partial charge in [0.1, 0.15) is 10.3 Å². The van der Waals surface area contributed by atoms with Gasteiger partial charge in [-0.1, -0.05) is 6.07 Å². The van der Waals surface area contributed by atoms with Crippen LogP contribution in [0.2, 0.25) is 0 Å². The zero-order valence-corrected chi connectivity index (χ0v) is 9.38. The Kier molecular flexibility index (Phi) is 2.82. The number of halogens is 3. The van der Waals surface area contributed by atoms with Gasteiger partial charge in [-0.2, -0.15) is 0 Å². The number of H-pyrrole nitrogens is 1. The highest BCUT2D eigenvalue weighted by atomic mass is 79.9. The first-order chi connectivity index (χ1) is 7.63. The number of hydrogen-bond acceptors (Lipinski definition) is 2. The Morgan fingerprint density at radius 1 is 1.38 bits per heavy atom. The number of benzene rings is 1. The van der Waals surface area contributed by atoms with Crippen molar-refractivity contribution in [2.75, 3.05) is 0 Å². The van der Waals surface area contributed by atoms with Crippen LogP contribution < -0.4 is 0 Å². The van der Waals surface area contributed by atoms with E-state index in [-0.39, 0.29) is 17.1 Å². The predicted molar refractivity (Wildman–Crippen MR) is 57.0 cm³/mol. The van der Waals surface area contributed by atoms with Crippen LogP contribution in [0.5, 0.6) is 0 Å². The Morgan fingerprint density at radius 2 is 2.12 bits per heavy atom. The smallest absolute Gasteiger partial charge is 0.185 e. The van der Waals surface area contributed by atoms with E-state index in [0.717, 1.165) is 6.07 Å². The normalized spacial score (nSPS) is 10.4. The molecule has 0 saturated carbocycles. The van der Waals surface area contributed by atoms with Crippen LogP contribution in [0, 0.1) is 11.6 Å². The molecule has 2 aromatic rings. The van der Waals surface area contributed by atoms with Crippen molar-refractivity contribution >= 4 is 22.2 Å². The first-order valence-electron chi connectivity index (χ1n) is 4.28. The molecule has 0 unspecified atom stereocenters. The van der Waals surface area contributed by atoms with Crippen LogP contribution in [-0.4, -0.2) is 16.3 Å². The minimum absolute atomic E-state index is 0.00350. The molecule has 1 aromatic heterocycles. The molecular weight excluding hydrogens is 282 g/mol. The summed E-state index contributed by atoms with van der Waals surface area (Å²) in [5.41, 5.74) is 0.162. The number of aromatic nitrogens is 2. The number of hydrogen-bond donors (Lipinski definition) is 1. The van der Waals surface area contributed by atoms with Crippen LogP contribution in [0.25, 0.3) is 11.3 Å². The summed E-state index contributed by atoms with van der Waals surface area (Å²) in [6.07, 6.45) is 0.492. The summed E-state index contributed by atoms with van der Waals surface area (Å²) in [7, 11) is 0. The van der Waals surface area contributed by atoms with Gasteiger partial charge in [0, 0.05) is 5.56 Å². The molecule has 0 bridgehead atoms. The van der Waals surface area contributed by atoms with E-state index < -0.39 is 11.6 Å². The van der Waals surface area contributed by atoms with Gasteiger partial charge in [-0.3, -0.25) is 4.79 Å². The Balaban J connectivity index is 2.62. The van der Waals surface area contributed by atoms with Crippen molar-refractivity contribution in [2.24, 2.45) is 0 Å². The molecule has 1 heterocycles. The highest BCUT2D eigenvalue weighted by Gasteiger charge is 2.16. The fraction of sp³-hybridized carbons (Fsp3) is 0. The van der Waals surface area contributed by atoms with E-state index in [1.165, 1.54) is 12.1 Å². The fourth-order valence-electron chi connectivity index (χ4n) is 1.29. The van der Waals surface area contributed by atoms with E-state index in [1.807, 2.05) is 0 Å². The summed E-state index contributed by atoms with van der Waals surface area (Å²) in [5.74, 6) is -1.90. The van der Waals surface area contributed by atoms with Gasteiger partial charge in [0.25, 0.3) is 0 Å². The standard InChI is InChI=1S/C10H5BrF2N2O/c11-10-9(14-7(4-16)15-10)5-2-1-3-6(12)8(5)13/h1-4H,(H,14,15). The fourth-order valence-corrected chi connectivity index (χ4v) is 1.80. The summed E-state index contributed by atoms with van der Waals surface area (Å²) in [5, 5.41) is 0. The Labute approximate surface area is 97.6 Å². The summed E-state index contributed by atoms with van der Waals surface area (Å²) in [6, 6.07) is 3.77. The molecule has 0 spiro atoms. The molecular formula is C10H5BrF2N2O. The van der Waals surface area contributed by atoms with E-state index in [2.05, 4.69) is 25.9 Å². The monoisotopic (exact) mass is 286 g/mol. The topological polar surface area (TPSA) is 45.8 Å². The molecule has 82 valence electrons. The molecule has 0 aliphatic rings. The van der Waals surface area contributed by atoms with Gasteiger partial charge in [0.05, 0.1) is 0 Å². The number of nitrogens with one attached hydrogen (secondary N) is 1. The molecule has 6 heteroatoms. The molecule has 0 atom stereocenters. The minimum Gasteiger partial charge on any atom is -0.330 e. The van der Waals surface area contributed by atoms with Crippen molar-refractivity contribution in [3.05, 3.63) is 40.3 Å². The number of aldehydes is 1. The van der Waals surface area contributed by atoms with Gasteiger partial charge in [0.15, 0.2) is 23.7 Å². The molecule has 1 N–H and O–H groups in total. The lowest BCUT2D eigenvalue weighted by molar-refractivity contribution is 0.111. The molecule has 0 radical (unpaired) electrons. The van der Waals surface area contributed by atoms with Gasteiger partial charge < -0.3 is 4.98 Å². The summed E-state index contributed by atoms with van der Waals surface area (Å²) in [4.78, 5) is 16.9. The quantitative estimate of drug-likeness (QED) is 0.863. The first kappa shape index (κ1) is 10.9. The lowest BCUT2D eigenvalue weighted by atomic mass is 10.1. The maximum absolute atomic E-state index is 13.4. The zero-order chi connectivity index (χ0) is 11.7. The minimum atomic E-state index is -0.993. The van der Waals surface area contributed by atoms with Crippen LogP contribution in [0.15, 0.2) is 22.8 Å². The third-order valence-corrected chi connectivity index (χ3v) is 2.57. The molecule has 0 aliphatic heterocycles. The number of nitrogens with zero attached hydrogens (tertiary/aromatic N) is 1. The highest BCUT2D eigenvalue weighted by Crippen LogP contribution is 2.28. The van der Waals surface area contributed by atoms with Crippen LogP contribution in [0.1, 0.15) is 10.6 Å². The number of rotatable bonds is 2. The van der Waals surface area contributed by atoms with E-state index in [4.69, 9.17) is 0 Å². The molecule has 0 amide bonds. The summed E-state index contributed by atoms with van der Waals surface area (Å²) in [6.45, 7) is 0. The van der Waals surface area contributed by atoms with Crippen molar-refractivity contribution in [3.8, 4) is 11.3 Å². The van der Waals surface area contributed by atoms with E-state index in [1.54, 1.807) is 0 Å². The van der Waals surface area contributed by atoms with Crippen molar-refractivity contribution in [1.29, 1.82) is 0 Å². The van der Waals surface area contributed by atoms with E-state index >= 15 is 0 Å². The molecule has 1 aromatic carbocycles. The van der Waals surface area contributed by atoms with E-state index in [9.17, 15) is 13.6 Å². The van der Waals surface area contributed by atoms with Crippen molar-refractivity contribution in [2.45, 2.75) is 0 Å². The second-order valence-electron chi connectivity index (χ2n) is 3.00. The van der Waals surface area contributed by atoms with Crippen molar-refractivity contribution < 1.29 is 13.6 Å². The highest BCUT2D eigenvalue weighted by molar-refractivity contribution is 9.10. The van der Waals surface area contributed by atoms with Crippen molar-refractivity contribution in [3.63, 3.8) is 0 Å². The number of aromatic amines is 1. The van der Waals surface area contributed by atoms with Crippen molar-refractivity contribution in [1.82, 2.24) is 9.97 Å². The Hall–Kier alpha value is -1.56. The third kappa shape index (κ3) is 1.76. The average Bonchev–Trinajstić information content (AvgIpc) is 2.64. The molecule has 16 heavy (non-hydrogen) atoms. The molecule has 0 saturated heterocycles. The van der Waals surface area contributed by atoms with Crippen LogP contribution in [0.3, 0.4) is 0 Å². The Bertz CT molecular complexity index is 554. The molecule has 0 fully saturated rings. The van der Waals surface area contributed by atoms with Crippen LogP contribution in [-0.2, 0) is 0 Å². The van der Waals surface area contributed by atoms with E-state index in [0.29, 0.717) is 10.9 Å². The van der Waals surface area contributed by atoms with Crippen LogP contribution in [0.4, 0.5) is 8.78 Å². The van der Waals surface area contributed by atoms with Gasteiger partial charge in [0.2, 0.25) is 0 Å². The van der Waals surface area contributed by atoms with Gasteiger partial charge in [-0.25, -0.2) is 13.8 Å². The number of carbonyl (C=O) groups is 1. The second kappa shape index (κ2) is 4.13. The number of imidazole rings is 1. The van der Waals surface area contributed by atoms with Crippen LogP contribution >= 0.6 is 15.9 Å². The lowest BCUT2D eigenvalue weighted by Crippen LogP contribution is -1.90. The summed E-state index contributed by atoms with van der Waals surface area (Å²) < 4.78 is 26.8. The number of carbonyl (C=O) groups excluding carboxylic acids is 1. The predicted octanol–water partition coefficient (Wildman–Crippen LogP) is 2.93. The lowest BCUT2D eigenvalue weighted by Gasteiger charge is -2.00. The SMILES string of the molecule is O=Cc1nc(-c2cccc(F)c2F)c(Br)[nH]1. The first-order valence-corrected chi connectivity index (χ1v) is 5.08. The molecule has 0 aliphatic carbocycles. The largest absolute Gasteiger partial charge is 0.330 e. The maximum atomic E-state index is 13.4. The second-order valence-corrected chi connectivity index (χ2v) is 3.80. The molecule has 2 rings (SSSR count). The summed E-state index contributed by atoms with van der Waals surface area (Å²) >= 11 is 3.09. The Morgan fingerprint density at radius 3 is 2.75 bits per heavy atom. The van der Waals surface area contributed by atoms with Gasteiger partial charge in [-0.05, 0) is 28.1 Å². The zero-order valence-electron chi connectivity index (χ0n) is 7.80.